The smallest absolute Gasteiger partial charge is 0.391 e. The molecule has 2 nitrogen and oxygen atoms in total. The van der Waals surface area contributed by atoms with Crippen molar-refractivity contribution in [3.05, 3.63) is 29.8 Å². The SMILES string of the molecule is COc1ccccc1C(N)C1CCC(C(F)(F)F)CC1. The highest BCUT2D eigenvalue weighted by Gasteiger charge is 2.42. The molecule has 0 saturated heterocycles. The maximum absolute atomic E-state index is 12.7. The van der Waals surface area contributed by atoms with Crippen molar-refractivity contribution in [2.75, 3.05) is 7.11 Å². The predicted molar refractivity (Wildman–Crippen MR) is 71.4 cm³/mol. The Hall–Kier alpha value is -1.23. The van der Waals surface area contributed by atoms with Gasteiger partial charge in [0.05, 0.1) is 13.0 Å². The zero-order chi connectivity index (χ0) is 14.8. The minimum atomic E-state index is -4.07. The maximum Gasteiger partial charge on any atom is 0.391 e. The van der Waals surface area contributed by atoms with Gasteiger partial charge in [0.25, 0.3) is 0 Å². The van der Waals surface area contributed by atoms with E-state index >= 15 is 0 Å². The Morgan fingerprint density at radius 2 is 1.75 bits per heavy atom. The number of benzene rings is 1. The summed E-state index contributed by atoms with van der Waals surface area (Å²) in [5.74, 6) is -0.369. The Balaban J connectivity index is 2.03. The summed E-state index contributed by atoms with van der Waals surface area (Å²) in [6, 6.07) is 7.19. The van der Waals surface area contributed by atoms with E-state index < -0.39 is 12.1 Å². The molecule has 1 aromatic carbocycles. The van der Waals surface area contributed by atoms with Crippen LogP contribution in [0.15, 0.2) is 24.3 Å². The lowest BCUT2D eigenvalue weighted by Crippen LogP contribution is -2.32. The minimum absolute atomic E-state index is 0.0879. The molecule has 1 fully saturated rings. The molecule has 2 N–H and O–H groups in total. The standard InChI is InChI=1S/C15H20F3NO/c1-20-13-5-3-2-4-12(13)14(19)10-6-8-11(9-7-10)15(16,17)18/h2-5,10-11,14H,6-9,19H2,1H3. The van der Waals surface area contributed by atoms with Crippen LogP contribution in [0.2, 0.25) is 0 Å². The van der Waals surface area contributed by atoms with E-state index in [-0.39, 0.29) is 24.8 Å². The lowest BCUT2D eigenvalue weighted by atomic mass is 9.76. The van der Waals surface area contributed by atoms with Crippen molar-refractivity contribution in [1.29, 1.82) is 0 Å². The number of nitrogens with two attached hydrogens (primary N) is 1. The van der Waals surface area contributed by atoms with Gasteiger partial charge in [-0.05, 0) is 37.7 Å². The number of halogens is 3. The monoisotopic (exact) mass is 287 g/mol. The van der Waals surface area contributed by atoms with Gasteiger partial charge in [-0.3, -0.25) is 0 Å². The largest absolute Gasteiger partial charge is 0.496 e. The Kier molecular flexibility index (Phi) is 4.58. The van der Waals surface area contributed by atoms with Crippen LogP contribution in [-0.4, -0.2) is 13.3 Å². The third-order valence-electron chi connectivity index (χ3n) is 4.24. The van der Waals surface area contributed by atoms with Gasteiger partial charge >= 0.3 is 6.18 Å². The number of hydrogen-bond acceptors (Lipinski definition) is 2. The van der Waals surface area contributed by atoms with Gasteiger partial charge in [-0.1, -0.05) is 18.2 Å². The number of alkyl halides is 3. The highest BCUT2D eigenvalue weighted by atomic mass is 19.4. The van der Waals surface area contributed by atoms with E-state index in [1.54, 1.807) is 7.11 Å². The lowest BCUT2D eigenvalue weighted by molar-refractivity contribution is -0.184. The van der Waals surface area contributed by atoms with Gasteiger partial charge in [0.2, 0.25) is 0 Å². The quantitative estimate of drug-likeness (QED) is 0.909. The molecule has 1 atom stereocenters. The van der Waals surface area contributed by atoms with Crippen LogP contribution in [0.5, 0.6) is 5.75 Å². The molecule has 0 aliphatic heterocycles. The van der Waals surface area contributed by atoms with Crippen LogP contribution in [0, 0.1) is 11.8 Å². The second kappa shape index (κ2) is 6.04. The number of hydrogen-bond donors (Lipinski definition) is 1. The molecule has 2 rings (SSSR count). The van der Waals surface area contributed by atoms with Crippen molar-refractivity contribution in [2.45, 2.75) is 37.9 Å². The van der Waals surface area contributed by atoms with Crippen LogP contribution in [0.1, 0.15) is 37.3 Å². The molecule has 112 valence electrons. The first kappa shape index (κ1) is 15.2. The zero-order valence-corrected chi connectivity index (χ0v) is 11.5. The van der Waals surface area contributed by atoms with Crippen LogP contribution < -0.4 is 10.5 Å². The molecular weight excluding hydrogens is 267 g/mol. The van der Waals surface area contributed by atoms with Crippen LogP contribution in [0.3, 0.4) is 0 Å². The fourth-order valence-corrected chi connectivity index (χ4v) is 3.00. The first-order valence-corrected chi connectivity index (χ1v) is 6.88. The second-order valence-corrected chi connectivity index (χ2v) is 5.42. The first-order chi connectivity index (χ1) is 9.43. The van der Waals surface area contributed by atoms with Gasteiger partial charge in [-0.15, -0.1) is 0 Å². The molecule has 0 heterocycles. The first-order valence-electron chi connectivity index (χ1n) is 6.88. The summed E-state index contributed by atoms with van der Waals surface area (Å²) in [4.78, 5) is 0. The van der Waals surface area contributed by atoms with E-state index in [0.29, 0.717) is 18.6 Å². The van der Waals surface area contributed by atoms with Gasteiger partial charge < -0.3 is 10.5 Å². The predicted octanol–water partition coefficient (Wildman–Crippen LogP) is 4.06. The Bertz CT molecular complexity index is 439. The van der Waals surface area contributed by atoms with Crippen LogP contribution in [0.25, 0.3) is 0 Å². The summed E-state index contributed by atoms with van der Waals surface area (Å²) in [6.07, 6.45) is -2.68. The fourth-order valence-electron chi connectivity index (χ4n) is 3.00. The fraction of sp³-hybridized carbons (Fsp3) is 0.600. The maximum atomic E-state index is 12.7. The highest BCUT2D eigenvalue weighted by Crippen LogP contribution is 2.43. The molecule has 0 amide bonds. The zero-order valence-electron chi connectivity index (χ0n) is 11.5. The Morgan fingerprint density at radius 3 is 2.30 bits per heavy atom. The van der Waals surface area contributed by atoms with Crippen LogP contribution >= 0.6 is 0 Å². The molecule has 1 aliphatic carbocycles. The van der Waals surface area contributed by atoms with Crippen molar-refractivity contribution in [3.8, 4) is 5.75 Å². The van der Waals surface area contributed by atoms with Crippen LogP contribution in [0.4, 0.5) is 13.2 Å². The lowest BCUT2D eigenvalue weighted by Gasteiger charge is -2.33. The van der Waals surface area contributed by atoms with E-state index in [2.05, 4.69) is 0 Å². The van der Waals surface area contributed by atoms with Crippen molar-refractivity contribution in [1.82, 2.24) is 0 Å². The summed E-state index contributed by atoms with van der Waals surface area (Å²) in [5, 5.41) is 0. The molecule has 20 heavy (non-hydrogen) atoms. The topological polar surface area (TPSA) is 35.2 Å². The summed E-state index contributed by atoms with van der Waals surface area (Å²) >= 11 is 0. The van der Waals surface area contributed by atoms with Gasteiger partial charge in [-0.25, -0.2) is 0 Å². The van der Waals surface area contributed by atoms with Crippen molar-refractivity contribution in [3.63, 3.8) is 0 Å². The highest BCUT2D eigenvalue weighted by molar-refractivity contribution is 5.36. The molecule has 0 aromatic heterocycles. The number of ether oxygens (including phenoxy) is 1. The number of rotatable bonds is 3. The summed E-state index contributed by atoms with van der Waals surface area (Å²) in [5.41, 5.74) is 7.12. The van der Waals surface area contributed by atoms with E-state index in [1.165, 1.54) is 0 Å². The minimum Gasteiger partial charge on any atom is -0.496 e. The van der Waals surface area contributed by atoms with Crippen molar-refractivity contribution >= 4 is 0 Å². The average molecular weight is 287 g/mol. The molecular formula is C15H20F3NO. The van der Waals surface area contributed by atoms with Gasteiger partial charge in [0.1, 0.15) is 5.75 Å². The number of methoxy groups -OCH3 is 1. The Morgan fingerprint density at radius 1 is 1.15 bits per heavy atom. The molecule has 1 aliphatic rings. The van der Waals surface area contributed by atoms with Crippen molar-refractivity contribution < 1.29 is 17.9 Å². The third-order valence-corrected chi connectivity index (χ3v) is 4.24. The molecule has 0 radical (unpaired) electrons. The van der Waals surface area contributed by atoms with E-state index in [9.17, 15) is 13.2 Å². The van der Waals surface area contributed by atoms with E-state index in [0.717, 1.165) is 5.56 Å². The third kappa shape index (κ3) is 3.26. The molecule has 0 bridgehead atoms. The van der Waals surface area contributed by atoms with Gasteiger partial charge in [-0.2, -0.15) is 13.2 Å². The molecule has 1 unspecified atom stereocenters. The average Bonchev–Trinajstić information content (AvgIpc) is 2.45. The normalized spacial score (nSPS) is 25.2. The summed E-state index contributed by atoms with van der Waals surface area (Å²) in [6.45, 7) is 0. The summed E-state index contributed by atoms with van der Waals surface area (Å²) < 4.78 is 43.3. The van der Waals surface area contributed by atoms with Crippen molar-refractivity contribution in [2.24, 2.45) is 17.6 Å². The molecule has 1 saturated carbocycles. The molecule has 0 spiro atoms. The molecule has 1 aromatic rings. The second-order valence-electron chi connectivity index (χ2n) is 5.42. The van der Waals surface area contributed by atoms with Gasteiger partial charge in [0, 0.05) is 11.6 Å². The van der Waals surface area contributed by atoms with Gasteiger partial charge in [0.15, 0.2) is 0 Å². The Labute approximate surface area is 117 Å². The van der Waals surface area contributed by atoms with E-state index in [4.69, 9.17) is 10.5 Å². The van der Waals surface area contributed by atoms with E-state index in [1.807, 2.05) is 24.3 Å². The molecule has 5 heteroatoms. The number of para-hydroxylation sites is 1. The summed E-state index contributed by atoms with van der Waals surface area (Å²) in [7, 11) is 1.58. The van der Waals surface area contributed by atoms with Crippen LogP contribution in [-0.2, 0) is 0 Å².